The summed E-state index contributed by atoms with van der Waals surface area (Å²) in [6, 6.07) is 7.07. The summed E-state index contributed by atoms with van der Waals surface area (Å²) in [5, 5.41) is 3.35. The fourth-order valence-electron chi connectivity index (χ4n) is 2.21. The van der Waals surface area contributed by atoms with Crippen LogP contribution in [0.2, 0.25) is 0 Å². The van der Waals surface area contributed by atoms with Crippen molar-refractivity contribution < 1.29 is 8.42 Å². The zero-order valence-corrected chi connectivity index (χ0v) is 14.4. The Hall–Kier alpha value is -1.03. The van der Waals surface area contributed by atoms with E-state index in [1.807, 2.05) is 12.1 Å². The van der Waals surface area contributed by atoms with Crippen molar-refractivity contribution in [3.8, 4) is 0 Å². The molecule has 1 aromatic rings. The zero-order chi connectivity index (χ0) is 15.7. The molecule has 0 aliphatic heterocycles. The van der Waals surface area contributed by atoms with Gasteiger partial charge in [-0.2, -0.15) is 0 Å². The Labute approximate surface area is 130 Å². The lowest BCUT2D eigenvalue weighted by Gasteiger charge is -2.08. The smallest absolute Gasteiger partial charge is 0.178 e. The molecule has 120 valence electrons. The molecular weight excluding hydrogens is 282 g/mol. The Kier molecular flexibility index (Phi) is 7.79. The van der Waals surface area contributed by atoms with Gasteiger partial charge in [0.25, 0.3) is 0 Å². The Morgan fingerprint density at radius 1 is 1.00 bits per heavy atom. The van der Waals surface area contributed by atoms with Gasteiger partial charge in [0.15, 0.2) is 9.84 Å². The first-order valence-corrected chi connectivity index (χ1v) is 9.67. The normalized spacial score (nSPS) is 11.8. The first-order chi connectivity index (χ1) is 9.95. The van der Waals surface area contributed by atoms with E-state index in [-0.39, 0.29) is 5.75 Å². The van der Waals surface area contributed by atoms with E-state index in [0.29, 0.717) is 4.90 Å². The van der Waals surface area contributed by atoms with Crippen molar-refractivity contribution in [2.24, 2.45) is 5.92 Å². The highest BCUT2D eigenvalue weighted by Gasteiger charge is 2.10. The number of nitrogens with one attached hydrogen (secondary N) is 1. The summed E-state index contributed by atoms with van der Waals surface area (Å²) < 4.78 is 23.4. The number of rotatable bonds is 10. The lowest BCUT2D eigenvalue weighted by Crippen LogP contribution is -2.05. The molecule has 1 aromatic carbocycles. The number of hydrogen-bond donors (Lipinski definition) is 1. The molecule has 0 atom stereocenters. The highest BCUT2D eigenvalue weighted by molar-refractivity contribution is 7.91. The maximum Gasteiger partial charge on any atom is 0.178 e. The second-order valence-corrected chi connectivity index (χ2v) is 8.23. The molecule has 0 saturated heterocycles. The van der Waals surface area contributed by atoms with Crippen LogP contribution >= 0.6 is 0 Å². The van der Waals surface area contributed by atoms with Gasteiger partial charge in [-0.05, 0) is 36.6 Å². The van der Waals surface area contributed by atoms with Crippen molar-refractivity contribution >= 4 is 15.5 Å². The van der Waals surface area contributed by atoms with E-state index in [4.69, 9.17) is 0 Å². The van der Waals surface area contributed by atoms with Crippen molar-refractivity contribution in [3.05, 3.63) is 24.3 Å². The summed E-state index contributed by atoms with van der Waals surface area (Å²) in [5.41, 5.74) is 0.993. The first-order valence-electron chi connectivity index (χ1n) is 8.02. The van der Waals surface area contributed by atoms with Crippen LogP contribution in [0.3, 0.4) is 0 Å². The Morgan fingerprint density at radius 2 is 1.62 bits per heavy atom. The van der Waals surface area contributed by atoms with Crippen molar-refractivity contribution in [1.82, 2.24) is 0 Å². The maximum atomic E-state index is 11.7. The lowest BCUT2D eigenvalue weighted by molar-refractivity contribution is 0.523. The standard InChI is InChI=1S/C17H29NO2S/c1-4-21(19,20)17-12-10-16(11-13-17)18-14-8-6-5-7-9-15(2)3/h10-13,15,18H,4-9,14H2,1-3H3. The number of anilines is 1. The molecule has 0 bridgehead atoms. The van der Waals surface area contributed by atoms with Crippen molar-refractivity contribution in [2.75, 3.05) is 17.6 Å². The minimum atomic E-state index is -3.09. The third-order valence-corrected chi connectivity index (χ3v) is 5.38. The molecule has 0 saturated carbocycles. The minimum Gasteiger partial charge on any atom is -0.385 e. The largest absolute Gasteiger partial charge is 0.385 e. The van der Waals surface area contributed by atoms with Gasteiger partial charge in [0.2, 0.25) is 0 Å². The van der Waals surface area contributed by atoms with Crippen molar-refractivity contribution in [1.29, 1.82) is 0 Å². The molecule has 0 amide bonds. The summed E-state index contributed by atoms with van der Waals surface area (Å²) in [7, 11) is -3.09. The van der Waals surface area contributed by atoms with Crippen LogP contribution in [0, 0.1) is 5.92 Å². The van der Waals surface area contributed by atoms with Gasteiger partial charge in [0.05, 0.1) is 10.6 Å². The number of benzene rings is 1. The summed E-state index contributed by atoms with van der Waals surface area (Å²) in [4.78, 5) is 0.407. The third-order valence-electron chi connectivity index (χ3n) is 3.63. The summed E-state index contributed by atoms with van der Waals surface area (Å²) in [6.45, 7) is 7.15. The van der Waals surface area contributed by atoms with Gasteiger partial charge in [-0.15, -0.1) is 0 Å². The molecule has 0 aliphatic rings. The van der Waals surface area contributed by atoms with Crippen LogP contribution in [0.4, 0.5) is 5.69 Å². The molecule has 0 fully saturated rings. The maximum absolute atomic E-state index is 11.7. The molecule has 0 unspecified atom stereocenters. The quantitative estimate of drug-likeness (QED) is 0.647. The summed E-state index contributed by atoms with van der Waals surface area (Å²) in [5.74, 6) is 0.955. The number of unbranched alkanes of at least 4 members (excludes halogenated alkanes) is 3. The molecule has 1 N–H and O–H groups in total. The molecule has 1 rings (SSSR count). The van der Waals surface area contributed by atoms with E-state index in [9.17, 15) is 8.42 Å². The van der Waals surface area contributed by atoms with Gasteiger partial charge in [-0.25, -0.2) is 8.42 Å². The third kappa shape index (κ3) is 6.98. The fourth-order valence-corrected chi connectivity index (χ4v) is 3.09. The zero-order valence-electron chi connectivity index (χ0n) is 13.6. The first kappa shape index (κ1) is 18.0. The summed E-state index contributed by atoms with van der Waals surface area (Å²) in [6.07, 6.45) is 6.35. The van der Waals surface area contributed by atoms with Crippen LogP contribution < -0.4 is 5.32 Å². The van der Waals surface area contributed by atoms with E-state index in [1.54, 1.807) is 19.1 Å². The number of sulfone groups is 1. The molecule has 0 aromatic heterocycles. The monoisotopic (exact) mass is 311 g/mol. The second kappa shape index (κ2) is 9.08. The SMILES string of the molecule is CCS(=O)(=O)c1ccc(NCCCCCCC(C)C)cc1. The van der Waals surface area contributed by atoms with Gasteiger partial charge < -0.3 is 5.32 Å². The van der Waals surface area contributed by atoms with Crippen LogP contribution in [-0.2, 0) is 9.84 Å². The Bertz CT molecular complexity index is 492. The van der Waals surface area contributed by atoms with Gasteiger partial charge >= 0.3 is 0 Å². The second-order valence-electron chi connectivity index (χ2n) is 5.95. The molecule has 21 heavy (non-hydrogen) atoms. The van der Waals surface area contributed by atoms with Crippen molar-refractivity contribution in [2.45, 2.75) is 57.8 Å². The van der Waals surface area contributed by atoms with Gasteiger partial charge in [0.1, 0.15) is 0 Å². The average Bonchev–Trinajstić information content (AvgIpc) is 2.46. The van der Waals surface area contributed by atoms with Gasteiger partial charge in [-0.3, -0.25) is 0 Å². The Morgan fingerprint density at radius 3 is 2.19 bits per heavy atom. The van der Waals surface area contributed by atoms with Gasteiger partial charge in [-0.1, -0.05) is 46.5 Å². The summed E-state index contributed by atoms with van der Waals surface area (Å²) >= 11 is 0. The molecule has 4 heteroatoms. The van der Waals surface area contributed by atoms with Crippen LogP contribution in [0.15, 0.2) is 29.2 Å². The minimum absolute atomic E-state index is 0.149. The fraction of sp³-hybridized carbons (Fsp3) is 0.647. The lowest BCUT2D eigenvalue weighted by atomic mass is 10.0. The van der Waals surface area contributed by atoms with Gasteiger partial charge in [0, 0.05) is 12.2 Å². The van der Waals surface area contributed by atoms with Crippen LogP contribution in [0.25, 0.3) is 0 Å². The van der Waals surface area contributed by atoms with Crippen molar-refractivity contribution in [3.63, 3.8) is 0 Å². The van der Waals surface area contributed by atoms with E-state index < -0.39 is 9.84 Å². The predicted octanol–water partition coefficient (Wildman–Crippen LogP) is 4.50. The van der Waals surface area contributed by atoms with Crippen LogP contribution in [-0.4, -0.2) is 20.7 Å². The molecule has 0 spiro atoms. The van der Waals surface area contributed by atoms with Crippen LogP contribution in [0.1, 0.15) is 52.9 Å². The average molecular weight is 311 g/mol. The predicted molar refractivity (Wildman–Crippen MR) is 90.6 cm³/mol. The molecular formula is C17H29NO2S. The highest BCUT2D eigenvalue weighted by Crippen LogP contribution is 2.15. The van der Waals surface area contributed by atoms with Crippen LogP contribution in [0.5, 0.6) is 0 Å². The molecule has 0 radical (unpaired) electrons. The van der Waals surface area contributed by atoms with E-state index >= 15 is 0 Å². The Balaban J connectivity index is 2.25. The van der Waals surface area contributed by atoms with E-state index in [2.05, 4.69) is 19.2 Å². The molecule has 3 nitrogen and oxygen atoms in total. The molecule has 0 aliphatic carbocycles. The van der Waals surface area contributed by atoms with E-state index in [1.165, 1.54) is 25.7 Å². The highest BCUT2D eigenvalue weighted by atomic mass is 32.2. The topological polar surface area (TPSA) is 46.2 Å². The number of hydrogen-bond acceptors (Lipinski definition) is 3. The van der Waals surface area contributed by atoms with E-state index in [0.717, 1.165) is 24.6 Å². The molecule has 0 heterocycles.